The van der Waals surface area contributed by atoms with Crippen LogP contribution in [0.15, 0.2) is 71.7 Å². The highest BCUT2D eigenvalue weighted by molar-refractivity contribution is 6.02. The minimum atomic E-state index is -0.313. The van der Waals surface area contributed by atoms with Crippen LogP contribution in [0.2, 0.25) is 0 Å². The van der Waals surface area contributed by atoms with Gasteiger partial charge in [0.15, 0.2) is 12.1 Å². The Morgan fingerprint density at radius 3 is 2.55 bits per heavy atom. The number of anilines is 1. The minimum Gasteiger partial charge on any atom is -0.489 e. The lowest BCUT2D eigenvalue weighted by Crippen LogP contribution is -2.11. The number of benzene rings is 2. The van der Waals surface area contributed by atoms with E-state index in [9.17, 15) is 4.79 Å². The standard InChI is InChI=1S/C17H14N2O3/c20-17(16-11-21-12-18-16)19-14-6-8-15(9-7-14)22-10-13-4-2-1-3-5-13/h1-9,11-12H,10H2,(H,19,20). The molecule has 0 atom stereocenters. The average molecular weight is 294 g/mol. The van der Waals surface area contributed by atoms with Gasteiger partial charge in [-0.15, -0.1) is 0 Å². The van der Waals surface area contributed by atoms with E-state index in [-0.39, 0.29) is 11.6 Å². The number of ether oxygens (including phenoxy) is 1. The van der Waals surface area contributed by atoms with E-state index < -0.39 is 0 Å². The molecule has 0 fully saturated rings. The normalized spacial score (nSPS) is 10.2. The van der Waals surface area contributed by atoms with Crippen LogP contribution < -0.4 is 10.1 Å². The van der Waals surface area contributed by atoms with E-state index in [1.165, 1.54) is 12.7 Å². The zero-order valence-corrected chi connectivity index (χ0v) is 11.7. The number of carbonyl (C=O) groups excluding carboxylic acids is 1. The Morgan fingerprint density at radius 2 is 1.86 bits per heavy atom. The van der Waals surface area contributed by atoms with Crippen molar-refractivity contribution in [3.05, 3.63) is 78.5 Å². The van der Waals surface area contributed by atoms with Crippen LogP contribution in [-0.4, -0.2) is 10.9 Å². The molecule has 5 nitrogen and oxygen atoms in total. The molecule has 0 spiro atoms. The molecule has 0 saturated carbocycles. The Hall–Kier alpha value is -3.08. The lowest BCUT2D eigenvalue weighted by atomic mass is 10.2. The van der Waals surface area contributed by atoms with Crippen molar-refractivity contribution in [1.29, 1.82) is 0 Å². The molecule has 0 aliphatic carbocycles. The number of hydrogen-bond acceptors (Lipinski definition) is 4. The van der Waals surface area contributed by atoms with Crippen LogP contribution in [0.25, 0.3) is 0 Å². The zero-order valence-electron chi connectivity index (χ0n) is 11.7. The molecule has 0 unspecified atom stereocenters. The second-order valence-corrected chi connectivity index (χ2v) is 4.63. The number of aromatic nitrogens is 1. The molecular weight excluding hydrogens is 280 g/mol. The van der Waals surface area contributed by atoms with Crippen LogP contribution in [0.3, 0.4) is 0 Å². The first-order valence-electron chi connectivity index (χ1n) is 6.77. The molecule has 1 N–H and O–H groups in total. The Kier molecular flexibility index (Phi) is 4.15. The number of oxazole rings is 1. The van der Waals surface area contributed by atoms with E-state index in [4.69, 9.17) is 9.15 Å². The molecule has 5 heteroatoms. The van der Waals surface area contributed by atoms with Gasteiger partial charge in [0.1, 0.15) is 18.6 Å². The SMILES string of the molecule is O=C(Nc1ccc(OCc2ccccc2)cc1)c1cocn1. The summed E-state index contributed by atoms with van der Waals surface area (Å²) in [6.07, 6.45) is 2.52. The van der Waals surface area contributed by atoms with Crippen LogP contribution in [-0.2, 0) is 6.61 Å². The summed E-state index contributed by atoms with van der Waals surface area (Å²) in [5.74, 6) is 0.426. The number of nitrogens with one attached hydrogen (secondary N) is 1. The summed E-state index contributed by atoms with van der Waals surface area (Å²) in [5, 5.41) is 2.73. The molecule has 0 aliphatic rings. The maximum absolute atomic E-state index is 11.8. The van der Waals surface area contributed by atoms with Gasteiger partial charge >= 0.3 is 0 Å². The molecule has 0 aliphatic heterocycles. The second kappa shape index (κ2) is 6.58. The van der Waals surface area contributed by atoms with E-state index in [1.54, 1.807) is 24.3 Å². The summed E-state index contributed by atoms with van der Waals surface area (Å²) >= 11 is 0. The summed E-state index contributed by atoms with van der Waals surface area (Å²) in [5.41, 5.74) is 2.01. The maximum atomic E-state index is 11.8. The summed E-state index contributed by atoms with van der Waals surface area (Å²) in [4.78, 5) is 15.6. The molecule has 0 saturated heterocycles. The average Bonchev–Trinajstić information content (AvgIpc) is 3.10. The van der Waals surface area contributed by atoms with Gasteiger partial charge in [-0.2, -0.15) is 0 Å². The molecule has 2 aromatic carbocycles. The Morgan fingerprint density at radius 1 is 1.09 bits per heavy atom. The third-order valence-electron chi connectivity index (χ3n) is 3.03. The topological polar surface area (TPSA) is 64.4 Å². The van der Waals surface area contributed by atoms with Crippen LogP contribution in [0.4, 0.5) is 5.69 Å². The molecule has 1 aromatic heterocycles. The van der Waals surface area contributed by atoms with Gasteiger partial charge in [-0.1, -0.05) is 30.3 Å². The summed E-state index contributed by atoms with van der Waals surface area (Å²) < 4.78 is 10.5. The third-order valence-corrected chi connectivity index (χ3v) is 3.03. The molecule has 110 valence electrons. The predicted molar refractivity (Wildman–Crippen MR) is 81.7 cm³/mol. The third kappa shape index (κ3) is 3.52. The van der Waals surface area contributed by atoms with E-state index in [2.05, 4.69) is 10.3 Å². The van der Waals surface area contributed by atoms with Crippen LogP contribution >= 0.6 is 0 Å². The number of hydrogen-bond donors (Lipinski definition) is 1. The molecule has 3 aromatic rings. The number of rotatable bonds is 5. The monoisotopic (exact) mass is 294 g/mol. The van der Waals surface area contributed by atoms with E-state index >= 15 is 0 Å². The minimum absolute atomic E-state index is 0.240. The molecule has 0 radical (unpaired) electrons. The van der Waals surface area contributed by atoms with Crippen LogP contribution in [0, 0.1) is 0 Å². The van der Waals surface area contributed by atoms with Gasteiger partial charge in [0.05, 0.1) is 0 Å². The zero-order chi connectivity index (χ0) is 15.2. The molecule has 1 amide bonds. The largest absolute Gasteiger partial charge is 0.489 e. The molecule has 3 rings (SSSR count). The quantitative estimate of drug-likeness (QED) is 0.782. The fourth-order valence-corrected chi connectivity index (χ4v) is 1.90. The summed E-state index contributed by atoms with van der Waals surface area (Å²) in [7, 11) is 0. The van der Waals surface area contributed by atoms with Crippen LogP contribution in [0.1, 0.15) is 16.1 Å². The van der Waals surface area contributed by atoms with Gasteiger partial charge in [0, 0.05) is 5.69 Å². The number of carbonyl (C=O) groups is 1. The molecule has 1 heterocycles. The van der Waals surface area contributed by atoms with Gasteiger partial charge in [-0.25, -0.2) is 4.98 Å². The first-order valence-corrected chi connectivity index (χ1v) is 6.77. The Balaban J connectivity index is 1.57. The Bertz CT molecular complexity index is 722. The highest BCUT2D eigenvalue weighted by Gasteiger charge is 2.08. The van der Waals surface area contributed by atoms with Crippen molar-refractivity contribution < 1.29 is 13.9 Å². The van der Waals surface area contributed by atoms with Crippen molar-refractivity contribution in [1.82, 2.24) is 4.98 Å². The first kappa shape index (κ1) is 13.9. The predicted octanol–water partition coefficient (Wildman–Crippen LogP) is 3.51. The lowest BCUT2D eigenvalue weighted by molar-refractivity contribution is 0.102. The van der Waals surface area contributed by atoms with Gasteiger partial charge in [-0.05, 0) is 29.8 Å². The van der Waals surface area contributed by atoms with Gasteiger partial charge in [0.2, 0.25) is 0 Å². The highest BCUT2D eigenvalue weighted by Crippen LogP contribution is 2.17. The van der Waals surface area contributed by atoms with E-state index in [1.807, 2.05) is 30.3 Å². The van der Waals surface area contributed by atoms with Gasteiger partial charge in [-0.3, -0.25) is 4.79 Å². The summed E-state index contributed by atoms with van der Waals surface area (Å²) in [6, 6.07) is 17.1. The summed E-state index contributed by atoms with van der Waals surface area (Å²) in [6.45, 7) is 0.505. The van der Waals surface area contributed by atoms with Crippen molar-refractivity contribution in [3.8, 4) is 5.75 Å². The van der Waals surface area contributed by atoms with Crippen molar-refractivity contribution in [2.45, 2.75) is 6.61 Å². The van der Waals surface area contributed by atoms with E-state index in [0.29, 0.717) is 12.3 Å². The van der Waals surface area contributed by atoms with Crippen molar-refractivity contribution in [3.63, 3.8) is 0 Å². The fraction of sp³-hybridized carbons (Fsp3) is 0.0588. The first-order chi connectivity index (χ1) is 10.8. The second-order valence-electron chi connectivity index (χ2n) is 4.63. The van der Waals surface area contributed by atoms with Gasteiger partial charge < -0.3 is 14.5 Å². The lowest BCUT2D eigenvalue weighted by Gasteiger charge is -2.08. The molecule has 0 bridgehead atoms. The molecular formula is C17H14N2O3. The van der Waals surface area contributed by atoms with E-state index in [0.717, 1.165) is 11.3 Å². The molecule has 22 heavy (non-hydrogen) atoms. The fourth-order valence-electron chi connectivity index (χ4n) is 1.90. The number of amides is 1. The van der Waals surface area contributed by atoms with Gasteiger partial charge in [0.25, 0.3) is 5.91 Å². The maximum Gasteiger partial charge on any atom is 0.277 e. The van der Waals surface area contributed by atoms with Crippen molar-refractivity contribution >= 4 is 11.6 Å². The van der Waals surface area contributed by atoms with Crippen LogP contribution in [0.5, 0.6) is 5.75 Å². The smallest absolute Gasteiger partial charge is 0.277 e. The van der Waals surface area contributed by atoms with Crippen molar-refractivity contribution in [2.24, 2.45) is 0 Å². The van der Waals surface area contributed by atoms with Crippen molar-refractivity contribution in [2.75, 3.05) is 5.32 Å². The number of nitrogens with zero attached hydrogens (tertiary/aromatic N) is 1. The Labute approximate surface area is 127 Å². The highest BCUT2D eigenvalue weighted by atomic mass is 16.5.